The standard InChI is InChI=1S/C18H21N3O5S/c1-27(24,25)17-4-2-3-16(18(17)21(22)23)20-14-7-5-13(6-8-14)19-15-9-11-26-12-10-15/h2-8,15,19-20H,9-12H2,1H3. The van der Waals surface area contributed by atoms with Crippen LogP contribution in [0, 0.1) is 10.1 Å². The summed E-state index contributed by atoms with van der Waals surface area (Å²) < 4.78 is 29.0. The summed E-state index contributed by atoms with van der Waals surface area (Å²) in [6.45, 7) is 1.50. The van der Waals surface area contributed by atoms with Crippen LogP contribution in [-0.2, 0) is 14.6 Å². The summed E-state index contributed by atoms with van der Waals surface area (Å²) >= 11 is 0. The van der Waals surface area contributed by atoms with Gasteiger partial charge in [-0.25, -0.2) is 8.42 Å². The molecule has 0 spiro atoms. The minimum absolute atomic E-state index is 0.132. The second-order valence-electron chi connectivity index (χ2n) is 6.41. The highest BCUT2D eigenvalue weighted by Crippen LogP contribution is 2.34. The first-order chi connectivity index (χ1) is 12.8. The Balaban J connectivity index is 1.80. The van der Waals surface area contributed by atoms with Gasteiger partial charge in [0.15, 0.2) is 9.84 Å². The lowest BCUT2D eigenvalue weighted by atomic mass is 10.1. The summed E-state index contributed by atoms with van der Waals surface area (Å²) in [5.41, 5.74) is 1.26. The van der Waals surface area contributed by atoms with Crippen molar-refractivity contribution in [1.29, 1.82) is 0 Å². The summed E-state index contributed by atoms with van der Waals surface area (Å²) in [7, 11) is -3.72. The van der Waals surface area contributed by atoms with E-state index < -0.39 is 20.4 Å². The molecule has 0 bridgehead atoms. The molecule has 2 N–H and O–H groups in total. The molecule has 2 aromatic carbocycles. The Kier molecular flexibility index (Phi) is 5.62. The normalized spacial score (nSPS) is 15.3. The first-order valence-corrected chi connectivity index (χ1v) is 10.4. The Morgan fingerprint density at radius 3 is 2.30 bits per heavy atom. The van der Waals surface area contributed by atoms with Crippen molar-refractivity contribution in [1.82, 2.24) is 0 Å². The fourth-order valence-corrected chi connectivity index (χ4v) is 3.86. The SMILES string of the molecule is CS(=O)(=O)c1cccc(Nc2ccc(NC3CCOCC3)cc2)c1[N+](=O)[O-]. The van der Waals surface area contributed by atoms with Crippen molar-refractivity contribution < 1.29 is 18.1 Å². The van der Waals surface area contributed by atoms with E-state index in [2.05, 4.69) is 10.6 Å². The minimum Gasteiger partial charge on any atom is -0.382 e. The summed E-state index contributed by atoms with van der Waals surface area (Å²) in [5.74, 6) is 0. The van der Waals surface area contributed by atoms with Crippen LogP contribution in [0.15, 0.2) is 47.4 Å². The third kappa shape index (κ3) is 4.75. The molecule has 27 heavy (non-hydrogen) atoms. The van der Waals surface area contributed by atoms with E-state index in [4.69, 9.17) is 4.74 Å². The maximum Gasteiger partial charge on any atom is 0.311 e. The molecule has 0 radical (unpaired) electrons. The third-order valence-corrected chi connectivity index (χ3v) is 5.47. The molecule has 2 aromatic rings. The topological polar surface area (TPSA) is 111 Å². The zero-order valence-electron chi connectivity index (χ0n) is 14.8. The van der Waals surface area contributed by atoms with Gasteiger partial charge in [-0.05, 0) is 49.2 Å². The molecule has 0 unspecified atom stereocenters. The highest BCUT2D eigenvalue weighted by Gasteiger charge is 2.26. The van der Waals surface area contributed by atoms with Crippen LogP contribution in [0.5, 0.6) is 0 Å². The number of rotatable bonds is 6. The van der Waals surface area contributed by atoms with Crippen LogP contribution in [0.1, 0.15) is 12.8 Å². The molecule has 1 fully saturated rings. The Bertz CT molecular complexity index is 923. The van der Waals surface area contributed by atoms with Gasteiger partial charge in [0.2, 0.25) is 0 Å². The Hall–Kier alpha value is -2.65. The number of anilines is 3. The molecule has 0 saturated carbocycles. The van der Waals surface area contributed by atoms with Gasteiger partial charge >= 0.3 is 5.69 Å². The quantitative estimate of drug-likeness (QED) is 0.574. The Labute approximate surface area is 157 Å². The van der Waals surface area contributed by atoms with Gasteiger partial charge < -0.3 is 15.4 Å². The van der Waals surface area contributed by atoms with Gasteiger partial charge in [0.1, 0.15) is 10.6 Å². The third-order valence-electron chi connectivity index (χ3n) is 4.34. The summed E-state index contributed by atoms with van der Waals surface area (Å²) in [6.07, 6.45) is 2.85. The zero-order valence-corrected chi connectivity index (χ0v) is 15.7. The van der Waals surface area contributed by atoms with E-state index >= 15 is 0 Å². The van der Waals surface area contributed by atoms with E-state index in [0.717, 1.165) is 38.0 Å². The van der Waals surface area contributed by atoms with Gasteiger partial charge in [-0.3, -0.25) is 10.1 Å². The number of para-hydroxylation sites is 1. The molecule has 1 heterocycles. The minimum atomic E-state index is -3.72. The average molecular weight is 391 g/mol. The van der Waals surface area contributed by atoms with Gasteiger partial charge in [-0.2, -0.15) is 0 Å². The Morgan fingerprint density at radius 2 is 1.70 bits per heavy atom. The molecule has 8 nitrogen and oxygen atoms in total. The highest BCUT2D eigenvalue weighted by atomic mass is 32.2. The smallest absolute Gasteiger partial charge is 0.311 e. The number of nitrogens with one attached hydrogen (secondary N) is 2. The maximum absolute atomic E-state index is 11.8. The van der Waals surface area contributed by atoms with Gasteiger partial charge in [-0.1, -0.05) is 6.07 Å². The monoisotopic (exact) mass is 391 g/mol. The van der Waals surface area contributed by atoms with Crippen LogP contribution in [0.2, 0.25) is 0 Å². The lowest BCUT2D eigenvalue weighted by Gasteiger charge is -2.24. The van der Waals surface area contributed by atoms with E-state index in [1.807, 2.05) is 12.1 Å². The molecule has 0 aliphatic carbocycles. The fourth-order valence-electron chi connectivity index (χ4n) is 2.99. The van der Waals surface area contributed by atoms with Crippen LogP contribution in [-0.4, -0.2) is 38.9 Å². The second kappa shape index (κ2) is 7.93. The van der Waals surface area contributed by atoms with Crippen LogP contribution in [0.3, 0.4) is 0 Å². The number of nitro groups is 1. The van der Waals surface area contributed by atoms with Gasteiger partial charge in [0.05, 0.1) is 4.92 Å². The number of hydrogen-bond acceptors (Lipinski definition) is 7. The summed E-state index contributed by atoms with van der Waals surface area (Å²) in [4.78, 5) is 10.4. The van der Waals surface area contributed by atoms with Crippen molar-refractivity contribution in [3.05, 3.63) is 52.6 Å². The molecule has 3 rings (SSSR count). The molecular formula is C18H21N3O5S. The molecule has 0 atom stereocenters. The zero-order chi connectivity index (χ0) is 19.4. The van der Waals surface area contributed by atoms with Crippen LogP contribution < -0.4 is 10.6 Å². The fraction of sp³-hybridized carbons (Fsp3) is 0.333. The molecule has 0 amide bonds. The molecular weight excluding hydrogens is 370 g/mol. The van der Waals surface area contributed by atoms with Gasteiger partial charge in [-0.15, -0.1) is 0 Å². The average Bonchev–Trinajstić information content (AvgIpc) is 2.63. The van der Waals surface area contributed by atoms with Crippen LogP contribution >= 0.6 is 0 Å². The number of nitro benzene ring substituents is 1. The van der Waals surface area contributed by atoms with Gasteiger partial charge in [0, 0.05) is 36.9 Å². The van der Waals surface area contributed by atoms with Crippen molar-refractivity contribution >= 4 is 32.6 Å². The van der Waals surface area contributed by atoms with E-state index in [1.54, 1.807) is 12.1 Å². The molecule has 144 valence electrons. The van der Waals surface area contributed by atoms with Crippen molar-refractivity contribution in [2.45, 2.75) is 23.8 Å². The largest absolute Gasteiger partial charge is 0.382 e. The maximum atomic E-state index is 11.8. The Morgan fingerprint density at radius 1 is 1.07 bits per heavy atom. The molecule has 1 aliphatic rings. The number of hydrogen-bond donors (Lipinski definition) is 2. The molecule has 1 saturated heterocycles. The molecule has 1 aliphatic heterocycles. The number of nitrogens with zero attached hydrogens (tertiary/aromatic N) is 1. The summed E-state index contributed by atoms with van der Waals surface area (Å²) in [5, 5.41) is 17.8. The summed E-state index contributed by atoms with van der Waals surface area (Å²) in [6, 6.07) is 11.9. The van der Waals surface area contributed by atoms with Crippen LogP contribution in [0.25, 0.3) is 0 Å². The van der Waals surface area contributed by atoms with Crippen molar-refractivity contribution in [2.24, 2.45) is 0 Å². The predicted molar refractivity (Wildman–Crippen MR) is 103 cm³/mol. The first-order valence-electron chi connectivity index (χ1n) is 8.53. The van der Waals surface area contributed by atoms with Crippen LogP contribution in [0.4, 0.5) is 22.7 Å². The van der Waals surface area contributed by atoms with E-state index in [0.29, 0.717) is 11.7 Å². The van der Waals surface area contributed by atoms with Crippen molar-refractivity contribution in [3.63, 3.8) is 0 Å². The second-order valence-corrected chi connectivity index (χ2v) is 8.40. The number of sulfone groups is 1. The van der Waals surface area contributed by atoms with E-state index in [-0.39, 0.29) is 10.6 Å². The number of benzene rings is 2. The van der Waals surface area contributed by atoms with Crippen molar-refractivity contribution in [3.8, 4) is 0 Å². The molecule has 9 heteroatoms. The lowest BCUT2D eigenvalue weighted by Crippen LogP contribution is -2.27. The van der Waals surface area contributed by atoms with Crippen molar-refractivity contribution in [2.75, 3.05) is 30.1 Å². The van der Waals surface area contributed by atoms with Gasteiger partial charge in [0.25, 0.3) is 0 Å². The molecule has 0 aromatic heterocycles. The van der Waals surface area contributed by atoms with E-state index in [1.165, 1.54) is 18.2 Å². The number of ether oxygens (including phenoxy) is 1. The predicted octanol–water partition coefficient (Wildman–Crippen LogP) is 3.33. The lowest BCUT2D eigenvalue weighted by molar-refractivity contribution is -0.386. The highest BCUT2D eigenvalue weighted by molar-refractivity contribution is 7.90. The first kappa shape index (κ1) is 19.1. The van der Waals surface area contributed by atoms with E-state index in [9.17, 15) is 18.5 Å².